The highest BCUT2D eigenvalue weighted by Crippen LogP contribution is 2.30. The molecule has 7 nitrogen and oxygen atoms in total. The molecule has 0 aliphatic carbocycles. The maximum absolute atomic E-state index is 13.7. The van der Waals surface area contributed by atoms with Gasteiger partial charge in [-0.05, 0) is 92.8 Å². The monoisotopic (exact) mass is 526 g/mol. The van der Waals surface area contributed by atoms with Crippen LogP contribution in [0.25, 0.3) is 0 Å². The Morgan fingerprint density at radius 2 is 1.86 bits per heavy atom. The Hall–Kier alpha value is -2.62. The molecule has 0 saturated carbocycles. The van der Waals surface area contributed by atoms with Gasteiger partial charge in [-0.2, -0.15) is 0 Å². The van der Waals surface area contributed by atoms with Gasteiger partial charge in [-0.15, -0.1) is 11.8 Å². The van der Waals surface area contributed by atoms with E-state index >= 15 is 0 Å². The molecule has 192 valence electrons. The summed E-state index contributed by atoms with van der Waals surface area (Å²) < 4.78 is 5.19. The average molecular weight is 527 g/mol. The molecule has 2 aromatic rings. The van der Waals surface area contributed by atoms with Crippen LogP contribution in [0.2, 0.25) is 0 Å². The number of hydrogen-bond acceptors (Lipinski definition) is 6. The number of amides is 2. The van der Waals surface area contributed by atoms with Gasteiger partial charge in [0, 0.05) is 23.7 Å². The molecule has 2 aliphatic heterocycles. The number of methoxy groups -OCH3 is 1. The van der Waals surface area contributed by atoms with Crippen molar-refractivity contribution in [3.8, 4) is 5.75 Å². The number of benzene rings is 2. The molecule has 36 heavy (non-hydrogen) atoms. The summed E-state index contributed by atoms with van der Waals surface area (Å²) in [6.45, 7) is 5.83. The molecule has 0 bridgehead atoms. The van der Waals surface area contributed by atoms with Gasteiger partial charge in [0.25, 0.3) is 5.91 Å². The fourth-order valence-corrected chi connectivity index (χ4v) is 5.54. The Bertz CT molecular complexity index is 1090. The lowest BCUT2D eigenvalue weighted by Crippen LogP contribution is -2.44. The van der Waals surface area contributed by atoms with E-state index in [2.05, 4.69) is 17.1 Å². The number of piperidine rings is 1. The molecule has 2 aromatic carbocycles. The maximum Gasteiger partial charge on any atom is 0.256 e. The maximum atomic E-state index is 13.7. The van der Waals surface area contributed by atoms with E-state index in [1.807, 2.05) is 35.4 Å². The zero-order chi connectivity index (χ0) is 25.7. The van der Waals surface area contributed by atoms with Crippen LogP contribution in [-0.2, 0) is 9.59 Å². The normalized spacial score (nSPS) is 19.1. The standard InChI is InChI=1S/C27H34N4O3S2/c1-19-11-13-29(14-12-19)15-16-30-24(18-25(32)28-20-7-9-22(34-2)10-8-20)26(33)31(27(30)35)21-5-4-6-23(17-21)36-3/h4-10,17,19,24H,11-16,18H2,1-3H3,(H,28,32)/t24-/m0/s1. The lowest BCUT2D eigenvalue weighted by molar-refractivity contribution is -0.124. The summed E-state index contributed by atoms with van der Waals surface area (Å²) in [6.07, 6.45) is 4.40. The van der Waals surface area contributed by atoms with Crippen LogP contribution >= 0.6 is 24.0 Å². The van der Waals surface area contributed by atoms with Gasteiger partial charge < -0.3 is 19.9 Å². The number of carbonyl (C=O) groups excluding carboxylic acids is 2. The Labute approximate surface area is 223 Å². The summed E-state index contributed by atoms with van der Waals surface area (Å²) in [4.78, 5) is 33.7. The molecule has 2 amide bonds. The smallest absolute Gasteiger partial charge is 0.256 e. The highest BCUT2D eigenvalue weighted by Gasteiger charge is 2.44. The van der Waals surface area contributed by atoms with Gasteiger partial charge in [-0.3, -0.25) is 14.5 Å². The number of rotatable bonds is 9. The van der Waals surface area contributed by atoms with Gasteiger partial charge in [0.1, 0.15) is 11.8 Å². The average Bonchev–Trinajstić information content (AvgIpc) is 3.12. The number of nitrogens with zero attached hydrogens (tertiary/aromatic N) is 3. The summed E-state index contributed by atoms with van der Waals surface area (Å²) in [5.74, 6) is 1.09. The molecule has 4 rings (SSSR count). The van der Waals surface area contributed by atoms with Crippen molar-refractivity contribution in [1.29, 1.82) is 0 Å². The van der Waals surface area contributed by atoms with Crippen LogP contribution in [0.15, 0.2) is 53.4 Å². The SMILES string of the molecule is COc1ccc(NC(=O)C[C@H]2C(=O)N(c3cccc(SC)c3)C(=S)N2CCN2CCC(C)CC2)cc1. The van der Waals surface area contributed by atoms with Crippen LogP contribution in [-0.4, -0.2) is 72.3 Å². The Morgan fingerprint density at radius 3 is 2.53 bits per heavy atom. The first kappa shape index (κ1) is 26.4. The Morgan fingerprint density at radius 1 is 1.14 bits per heavy atom. The highest BCUT2D eigenvalue weighted by molar-refractivity contribution is 7.98. The third-order valence-electron chi connectivity index (χ3n) is 6.92. The minimum atomic E-state index is -0.641. The zero-order valence-corrected chi connectivity index (χ0v) is 22.7. The summed E-state index contributed by atoms with van der Waals surface area (Å²) >= 11 is 7.45. The quantitative estimate of drug-likeness (QED) is 0.382. The Balaban J connectivity index is 1.51. The minimum absolute atomic E-state index is 0.0285. The fourth-order valence-electron chi connectivity index (χ4n) is 4.67. The summed E-state index contributed by atoms with van der Waals surface area (Å²) in [5.41, 5.74) is 1.40. The molecule has 2 saturated heterocycles. The van der Waals surface area contributed by atoms with Gasteiger partial charge in [-0.1, -0.05) is 13.0 Å². The third-order valence-corrected chi connectivity index (χ3v) is 8.06. The summed E-state index contributed by atoms with van der Waals surface area (Å²) in [6, 6.07) is 14.3. The number of thioether (sulfide) groups is 1. The second-order valence-electron chi connectivity index (χ2n) is 9.37. The van der Waals surface area contributed by atoms with Gasteiger partial charge in [0.15, 0.2) is 5.11 Å². The first-order valence-corrected chi connectivity index (χ1v) is 14.0. The first-order chi connectivity index (χ1) is 17.4. The van der Waals surface area contributed by atoms with Gasteiger partial charge in [0.05, 0.1) is 19.2 Å². The van der Waals surface area contributed by atoms with E-state index in [0.717, 1.165) is 36.1 Å². The van der Waals surface area contributed by atoms with Crippen molar-refractivity contribution in [2.24, 2.45) is 5.92 Å². The number of likely N-dealkylation sites (tertiary alicyclic amines) is 1. The number of nitrogens with one attached hydrogen (secondary N) is 1. The first-order valence-electron chi connectivity index (χ1n) is 12.3. The molecule has 1 N–H and O–H groups in total. The Kier molecular flexibility index (Phi) is 8.87. The van der Waals surface area contributed by atoms with E-state index in [4.69, 9.17) is 17.0 Å². The number of anilines is 2. The second kappa shape index (κ2) is 12.1. The molecule has 0 spiro atoms. The summed E-state index contributed by atoms with van der Waals surface area (Å²) in [7, 11) is 1.60. The molecule has 2 heterocycles. The minimum Gasteiger partial charge on any atom is -0.497 e. The van der Waals surface area contributed by atoms with Gasteiger partial charge in [0.2, 0.25) is 5.91 Å². The van der Waals surface area contributed by atoms with Crippen molar-refractivity contribution >= 4 is 52.3 Å². The van der Waals surface area contributed by atoms with Crippen LogP contribution in [0.3, 0.4) is 0 Å². The van der Waals surface area contributed by atoms with Crippen molar-refractivity contribution < 1.29 is 14.3 Å². The fraction of sp³-hybridized carbons (Fsp3) is 0.444. The molecule has 0 unspecified atom stereocenters. The second-order valence-corrected chi connectivity index (χ2v) is 10.6. The number of thiocarbonyl (C=S) groups is 1. The van der Waals surface area contributed by atoms with E-state index in [1.54, 1.807) is 48.0 Å². The largest absolute Gasteiger partial charge is 0.497 e. The van der Waals surface area contributed by atoms with Crippen LogP contribution in [0.5, 0.6) is 5.75 Å². The van der Waals surface area contributed by atoms with Gasteiger partial charge in [-0.25, -0.2) is 0 Å². The molecule has 9 heteroatoms. The molecular weight excluding hydrogens is 492 g/mol. The molecule has 0 aromatic heterocycles. The van der Waals surface area contributed by atoms with Crippen LogP contribution in [0.4, 0.5) is 11.4 Å². The lowest BCUT2D eigenvalue weighted by Gasteiger charge is -2.32. The molecular formula is C27H34N4O3S2. The van der Waals surface area contributed by atoms with E-state index in [9.17, 15) is 9.59 Å². The van der Waals surface area contributed by atoms with E-state index in [1.165, 1.54) is 12.8 Å². The molecule has 2 fully saturated rings. The number of hydrogen-bond donors (Lipinski definition) is 1. The third kappa shape index (κ3) is 6.19. The van der Waals surface area contributed by atoms with Crippen molar-refractivity contribution in [3.63, 3.8) is 0 Å². The predicted molar refractivity (Wildman–Crippen MR) is 150 cm³/mol. The summed E-state index contributed by atoms with van der Waals surface area (Å²) in [5, 5.41) is 3.37. The van der Waals surface area contributed by atoms with Crippen molar-refractivity contribution in [2.75, 3.05) is 49.8 Å². The molecule has 2 aliphatic rings. The topological polar surface area (TPSA) is 65.1 Å². The lowest BCUT2D eigenvalue weighted by atomic mass is 9.99. The van der Waals surface area contributed by atoms with Gasteiger partial charge >= 0.3 is 0 Å². The zero-order valence-electron chi connectivity index (χ0n) is 21.1. The number of ether oxygens (including phenoxy) is 1. The number of carbonyl (C=O) groups is 2. The van der Waals surface area contributed by atoms with E-state index in [-0.39, 0.29) is 18.2 Å². The van der Waals surface area contributed by atoms with Crippen LogP contribution < -0.4 is 15.0 Å². The molecule has 1 atom stereocenters. The van der Waals surface area contributed by atoms with E-state index < -0.39 is 6.04 Å². The molecule has 0 radical (unpaired) electrons. The van der Waals surface area contributed by atoms with Crippen molar-refractivity contribution in [1.82, 2.24) is 9.80 Å². The van der Waals surface area contributed by atoms with Crippen LogP contribution in [0, 0.1) is 5.92 Å². The van der Waals surface area contributed by atoms with E-state index in [0.29, 0.717) is 23.1 Å². The van der Waals surface area contributed by atoms with Crippen molar-refractivity contribution in [2.45, 2.75) is 37.1 Å². The predicted octanol–water partition coefficient (Wildman–Crippen LogP) is 4.48. The van der Waals surface area contributed by atoms with Crippen LogP contribution in [0.1, 0.15) is 26.2 Å². The van der Waals surface area contributed by atoms with Crippen molar-refractivity contribution in [3.05, 3.63) is 48.5 Å². The highest BCUT2D eigenvalue weighted by atomic mass is 32.2.